The van der Waals surface area contributed by atoms with Crippen LogP contribution in [0.2, 0.25) is 0 Å². The molecule has 1 saturated heterocycles. The maximum Gasteiger partial charge on any atom is 0.328 e. The molecule has 6 nitrogen and oxygen atoms in total. The van der Waals surface area contributed by atoms with E-state index in [4.69, 9.17) is 4.74 Å². The molecule has 1 heterocycles. The van der Waals surface area contributed by atoms with Gasteiger partial charge in [-0.05, 0) is 19.8 Å². The fourth-order valence-corrected chi connectivity index (χ4v) is 2.72. The van der Waals surface area contributed by atoms with Gasteiger partial charge < -0.3 is 14.7 Å². The van der Waals surface area contributed by atoms with E-state index in [0.717, 1.165) is 18.9 Å². The molecule has 1 fully saturated rings. The monoisotopic (exact) mass is 298 g/mol. The minimum Gasteiger partial charge on any atom is -0.497 e. The Balaban J connectivity index is 2.41. The molecule has 1 aromatic carbocycles. The van der Waals surface area contributed by atoms with Crippen LogP contribution in [0.5, 0.6) is 5.75 Å². The molecule has 0 aliphatic carbocycles. The quantitative estimate of drug-likeness (QED) is 0.682. The molecule has 1 aliphatic rings. The molecule has 2 rings (SSSR count). The highest BCUT2D eigenvalue weighted by Gasteiger charge is 2.30. The van der Waals surface area contributed by atoms with Gasteiger partial charge in [0.15, 0.2) is 0 Å². The first-order valence-electron chi connectivity index (χ1n) is 6.89. The summed E-state index contributed by atoms with van der Waals surface area (Å²) in [5.74, 6) is -0.645. The Morgan fingerprint density at radius 3 is 2.86 bits per heavy atom. The molecule has 2 unspecified atom stereocenters. The van der Waals surface area contributed by atoms with Crippen molar-refractivity contribution >= 4 is 11.4 Å². The molecule has 1 aliphatic heterocycles. The Labute approximate surface area is 122 Å². The lowest BCUT2D eigenvalue weighted by Crippen LogP contribution is -2.39. The number of ether oxygens (including phenoxy) is 1. The van der Waals surface area contributed by atoms with Crippen molar-refractivity contribution in [3.05, 3.63) is 28.1 Å². The van der Waals surface area contributed by atoms with Crippen LogP contribution in [0, 0.1) is 21.8 Å². The van der Waals surface area contributed by atoms with Crippen LogP contribution in [-0.4, -0.2) is 36.3 Å². The van der Waals surface area contributed by atoms with Crippen LogP contribution in [0.3, 0.4) is 0 Å². The second-order valence-electron chi connectivity index (χ2n) is 5.32. The average Bonchev–Trinajstić information content (AvgIpc) is 2.45. The predicted molar refractivity (Wildman–Crippen MR) is 76.2 cm³/mol. The van der Waals surface area contributed by atoms with Crippen LogP contribution in [0.4, 0.5) is 15.8 Å². The second-order valence-corrected chi connectivity index (χ2v) is 5.32. The number of halogens is 1. The maximum absolute atomic E-state index is 14.0. The van der Waals surface area contributed by atoms with Gasteiger partial charge >= 0.3 is 5.69 Å². The third-order valence-electron chi connectivity index (χ3n) is 3.92. The Kier molecular flexibility index (Phi) is 4.62. The predicted octanol–water partition coefficient (Wildman–Crippen LogP) is 2.34. The van der Waals surface area contributed by atoms with Crippen molar-refractivity contribution in [2.45, 2.75) is 25.9 Å². The van der Waals surface area contributed by atoms with Crippen molar-refractivity contribution in [2.24, 2.45) is 5.92 Å². The highest BCUT2D eigenvalue weighted by atomic mass is 19.1. The van der Waals surface area contributed by atoms with Gasteiger partial charge in [-0.3, -0.25) is 10.1 Å². The number of aliphatic hydroxyl groups excluding tert-OH is 1. The summed E-state index contributed by atoms with van der Waals surface area (Å²) in [5.41, 5.74) is -0.329. The van der Waals surface area contributed by atoms with Crippen molar-refractivity contribution in [1.82, 2.24) is 0 Å². The van der Waals surface area contributed by atoms with Crippen LogP contribution < -0.4 is 9.64 Å². The van der Waals surface area contributed by atoms with Crippen molar-refractivity contribution in [1.29, 1.82) is 0 Å². The number of anilines is 1. The average molecular weight is 298 g/mol. The van der Waals surface area contributed by atoms with E-state index in [1.807, 2.05) is 0 Å². The Bertz CT molecular complexity index is 536. The summed E-state index contributed by atoms with van der Waals surface area (Å²) in [4.78, 5) is 12.2. The minimum absolute atomic E-state index is 0.0209. The minimum atomic E-state index is -0.909. The van der Waals surface area contributed by atoms with Gasteiger partial charge in [0.25, 0.3) is 0 Å². The molecule has 21 heavy (non-hydrogen) atoms. The normalized spacial score (nSPS) is 20.2. The van der Waals surface area contributed by atoms with Crippen LogP contribution in [0.15, 0.2) is 12.1 Å². The summed E-state index contributed by atoms with van der Waals surface area (Å²) in [6, 6.07) is 2.49. The number of nitrogens with zero attached hydrogens (tertiary/aromatic N) is 2. The van der Waals surface area contributed by atoms with Crippen LogP contribution in [0.1, 0.15) is 19.8 Å². The number of aliphatic hydroxyl groups is 1. The first-order chi connectivity index (χ1) is 9.93. The third kappa shape index (κ3) is 3.24. The lowest BCUT2D eigenvalue weighted by molar-refractivity contribution is -0.386. The van der Waals surface area contributed by atoms with Gasteiger partial charge in [0.05, 0.1) is 18.1 Å². The highest BCUT2D eigenvalue weighted by molar-refractivity contribution is 5.66. The van der Waals surface area contributed by atoms with E-state index in [-0.39, 0.29) is 17.4 Å². The zero-order valence-corrected chi connectivity index (χ0v) is 12.1. The first kappa shape index (κ1) is 15.5. The smallest absolute Gasteiger partial charge is 0.328 e. The van der Waals surface area contributed by atoms with Crippen LogP contribution in [-0.2, 0) is 0 Å². The number of hydrogen-bond donors (Lipinski definition) is 1. The van der Waals surface area contributed by atoms with Gasteiger partial charge in [-0.15, -0.1) is 0 Å². The van der Waals surface area contributed by atoms with E-state index in [9.17, 15) is 19.6 Å². The number of hydrogen-bond acceptors (Lipinski definition) is 5. The van der Waals surface area contributed by atoms with Gasteiger partial charge in [0.2, 0.25) is 5.82 Å². The zero-order valence-electron chi connectivity index (χ0n) is 12.1. The number of nitro groups is 1. The molecule has 0 bridgehead atoms. The summed E-state index contributed by atoms with van der Waals surface area (Å²) in [6.07, 6.45) is 1.15. The molecule has 2 atom stereocenters. The number of methoxy groups -OCH3 is 1. The summed E-state index contributed by atoms with van der Waals surface area (Å²) < 4.78 is 19.0. The molecule has 1 N–H and O–H groups in total. The first-order valence-corrected chi connectivity index (χ1v) is 6.89. The Hall–Kier alpha value is -1.89. The number of benzene rings is 1. The number of nitro benzene ring substituents is 1. The van der Waals surface area contributed by atoms with Crippen LogP contribution in [0.25, 0.3) is 0 Å². The van der Waals surface area contributed by atoms with E-state index in [1.165, 1.54) is 13.2 Å². The van der Waals surface area contributed by atoms with Crippen molar-refractivity contribution < 1.29 is 19.2 Å². The Morgan fingerprint density at radius 1 is 1.57 bits per heavy atom. The largest absolute Gasteiger partial charge is 0.497 e. The summed E-state index contributed by atoms with van der Waals surface area (Å²) in [5, 5.41) is 20.9. The molecular weight excluding hydrogens is 279 g/mol. The number of rotatable bonds is 4. The number of piperidine rings is 1. The molecule has 0 aromatic heterocycles. The molecule has 0 spiro atoms. The van der Waals surface area contributed by atoms with E-state index in [1.54, 1.807) is 11.8 Å². The standard InChI is InChI=1S/C14H19FN2O4/c1-9(18)10-4-3-5-16(8-10)13-7-11(21-2)6-12(15)14(13)17(19)20/h6-7,9-10,18H,3-5,8H2,1-2H3. The molecule has 0 amide bonds. The molecule has 7 heteroatoms. The fraction of sp³-hybridized carbons (Fsp3) is 0.571. The summed E-state index contributed by atoms with van der Waals surface area (Å²) >= 11 is 0. The van der Waals surface area contributed by atoms with Gasteiger partial charge in [0.1, 0.15) is 11.4 Å². The van der Waals surface area contributed by atoms with Crippen LogP contribution >= 0.6 is 0 Å². The third-order valence-corrected chi connectivity index (χ3v) is 3.92. The Morgan fingerprint density at radius 2 is 2.29 bits per heavy atom. The van der Waals surface area contributed by atoms with Crippen molar-refractivity contribution in [3.63, 3.8) is 0 Å². The van der Waals surface area contributed by atoms with E-state index >= 15 is 0 Å². The second kappa shape index (κ2) is 6.26. The highest BCUT2D eigenvalue weighted by Crippen LogP contribution is 2.37. The van der Waals surface area contributed by atoms with Crippen molar-refractivity contribution in [2.75, 3.05) is 25.1 Å². The zero-order chi connectivity index (χ0) is 15.6. The summed E-state index contributed by atoms with van der Waals surface area (Å²) in [6.45, 7) is 2.76. The lowest BCUT2D eigenvalue weighted by Gasteiger charge is -2.35. The topological polar surface area (TPSA) is 75.8 Å². The van der Waals surface area contributed by atoms with Crippen molar-refractivity contribution in [3.8, 4) is 5.75 Å². The van der Waals surface area contributed by atoms with Gasteiger partial charge in [-0.25, -0.2) is 0 Å². The maximum atomic E-state index is 14.0. The molecule has 0 saturated carbocycles. The van der Waals surface area contributed by atoms with E-state index < -0.39 is 22.5 Å². The molecular formula is C14H19FN2O4. The van der Waals surface area contributed by atoms with E-state index in [0.29, 0.717) is 13.1 Å². The molecule has 116 valence electrons. The SMILES string of the molecule is COc1cc(F)c([N+](=O)[O-])c(N2CCCC(C(C)O)C2)c1. The van der Waals surface area contributed by atoms with Gasteiger partial charge in [-0.1, -0.05) is 0 Å². The molecule has 0 radical (unpaired) electrons. The molecule has 1 aromatic rings. The summed E-state index contributed by atoms with van der Waals surface area (Å²) in [7, 11) is 1.39. The van der Waals surface area contributed by atoms with Gasteiger partial charge in [0, 0.05) is 31.1 Å². The lowest BCUT2D eigenvalue weighted by atomic mass is 9.93. The fourth-order valence-electron chi connectivity index (χ4n) is 2.72. The van der Waals surface area contributed by atoms with Gasteiger partial charge in [-0.2, -0.15) is 4.39 Å². The van der Waals surface area contributed by atoms with E-state index in [2.05, 4.69) is 0 Å².